The van der Waals surface area contributed by atoms with E-state index in [2.05, 4.69) is 5.43 Å². The maximum Gasteiger partial charge on any atom is 0.421 e. The summed E-state index contributed by atoms with van der Waals surface area (Å²) in [4.78, 5) is 10.9. The number of aliphatic hydroxyl groups excluding tert-OH is 1. The van der Waals surface area contributed by atoms with Gasteiger partial charge in [0.05, 0.1) is 23.8 Å². The van der Waals surface area contributed by atoms with Crippen LogP contribution in [0.15, 0.2) is 18.2 Å². The average Bonchev–Trinajstić information content (AvgIpc) is 2.40. The molecule has 0 aliphatic rings. The Balaban J connectivity index is 3.08. The van der Waals surface area contributed by atoms with Crippen LogP contribution in [0.4, 0.5) is 31.1 Å². The fourth-order valence-corrected chi connectivity index (χ4v) is 1.78. The zero-order valence-electron chi connectivity index (χ0n) is 12.2. The van der Waals surface area contributed by atoms with Crippen molar-refractivity contribution in [3.63, 3.8) is 0 Å². The summed E-state index contributed by atoms with van der Waals surface area (Å²) in [6, 6.07) is 0.962. The van der Waals surface area contributed by atoms with Gasteiger partial charge in [0, 0.05) is 6.54 Å². The van der Waals surface area contributed by atoms with Gasteiger partial charge in [0.25, 0.3) is 0 Å². The molecule has 0 spiro atoms. The van der Waals surface area contributed by atoms with Gasteiger partial charge in [-0.05, 0) is 30.7 Å². The molecule has 0 fully saturated rings. The van der Waals surface area contributed by atoms with Gasteiger partial charge < -0.3 is 10.2 Å². The Morgan fingerprint density at radius 1 is 1.12 bits per heavy atom. The number of nitrogens with zero attached hydrogens (tertiary/aromatic N) is 1. The van der Waals surface area contributed by atoms with Crippen molar-refractivity contribution in [2.75, 3.05) is 6.54 Å². The van der Waals surface area contributed by atoms with Crippen molar-refractivity contribution in [1.29, 1.82) is 0 Å². The van der Waals surface area contributed by atoms with Crippen molar-refractivity contribution in [2.24, 2.45) is 0 Å². The predicted molar refractivity (Wildman–Crippen MR) is 69.7 cm³/mol. The number of hydrogen-bond donors (Lipinski definition) is 3. The van der Waals surface area contributed by atoms with Crippen LogP contribution in [-0.4, -0.2) is 34.0 Å². The Morgan fingerprint density at radius 3 is 1.92 bits per heavy atom. The van der Waals surface area contributed by atoms with Gasteiger partial charge in [-0.25, -0.2) is 15.2 Å². The monoisotopic (exact) mass is 360 g/mol. The minimum absolute atomic E-state index is 0.0196. The molecule has 1 unspecified atom stereocenters. The van der Waals surface area contributed by atoms with Gasteiger partial charge >= 0.3 is 18.4 Å². The standard InChI is InChI=1S/C13H14F6N2O3/c1-7(22)6-21(11(23)24)20-5-8-2-9(12(14,15)16)4-10(3-8)13(17,18)19/h2-4,7,20,22H,5-6H2,1H3,(H,23,24). The third kappa shape index (κ3) is 5.89. The van der Waals surface area contributed by atoms with Crippen LogP contribution in [-0.2, 0) is 18.9 Å². The quantitative estimate of drug-likeness (QED) is 0.557. The van der Waals surface area contributed by atoms with Crippen LogP contribution >= 0.6 is 0 Å². The van der Waals surface area contributed by atoms with Crippen molar-refractivity contribution in [2.45, 2.75) is 31.9 Å². The summed E-state index contributed by atoms with van der Waals surface area (Å²) in [6.45, 7) is 0.246. The molecular weight excluding hydrogens is 346 g/mol. The summed E-state index contributed by atoms with van der Waals surface area (Å²) in [5, 5.41) is 18.5. The molecule has 1 aromatic carbocycles. The van der Waals surface area contributed by atoms with Gasteiger partial charge in [0.2, 0.25) is 0 Å². The Bertz CT molecular complexity index is 554. The highest BCUT2D eigenvalue weighted by atomic mass is 19.4. The number of carboxylic acid groups (broad SMARTS) is 1. The topological polar surface area (TPSA) is 72.8 Å². The number of halogens is 6. The van der Waals surface area contributed by atoms with Gasteiger partial charge in [-0.3, -0.25) is 0 Å². The molecule has 1 amide bonds. The Kier molecular flexibility index (Phi) is 6.06. The third-order valence-electron chi connectivity index (χ3n) is 2.80. The normalized spacial score (nSPS) is 13.7. The van der Waals surface area contributed by atoms with Crippen molar-refractivity contribution < 1.29 is 41.4 Å². The van der Waals surface area contributed by atoms with Gasteiger partial charge in [-0.15, -0.1) is 0 Å². The number of amides is 1. The summed E-state index contributed by atoms with van der Waals surface area (Å²) >= 11 is 0. The van der Waals surface area contributed by atoms with Crippen LogP contribution in [0.25, 0.3) is 0 Å². The Hall–Kier alpha value is -2.01. The first-order valence-corrected chi connectivity index (χ1v) is 6.51. The van der Waals surface area contributed by atoms with E-state index in [0.29, 0.717) is 17.1 Å². The molecule has 0 saturated heterocycles. The van der Waals surface area contributed by atoms with Gasteiger partial charge in [-0.1, -0.05) is 0 Å². The lowest BCUT2D eigenvalue weighted by Crippen LogP contribution is -2.45. The second kappa shape index (κ2) is 7.26. The molecule has 11 heteroatoms. The van der Waals surface area contributed by atoms with Crippen molar-refractivity contribution in [3.05, 3.63) is 34.9 Å². The number of aliphatic hydroxyl groups is 1. The maximum absolute atomic E-state index is 12.7. The number of benzene rings is 1. The molecule has 24 heavy (non-hydrogen) atoms. The van der Waals surface area contributed by atoms with Gasteiger partial charge in [0.15, 0.2) is 0 Å². The highest BCUT2D eigenvalue weighted by Crippen LogP contribution is 2.36. The van der Waals surface area contributed by atoms with E-state index in [1.807, 2.05) is 0 Å². The van der Waals surface area contributed by atoms with Crippen LogP contribution in [0.3, 0.4) is 0 Å². The maximum atomic E-state index is 12.7. The fourth-order valence-electron chi connectivity index (χ4n) is 1.78. The molecule has 0 saturated carbocycles. The molecule has 0 radical (unpaired) electrons. The van der Waals surface area contributed by atoms with Crippen molar-refractivity contribution in [1.82, 2.24) is 10.4 Å². The van der Waals surface area contributed by atoms with Crippen LogP contribution in [0.5, 0.6) is 0 Å². The third-order valence-corrected chi connectivity index (χ3v) is 2.80. The van der Waals surface area contributed by atoms with Crippen LogP contribution in [0.1, 0.15) is 23.6 Å². The van der Waals surface area contributed by atoms with Crippen LogP contribution in [0.2, 0.25) is 0 Å². The van der Waals surface area contributed by atoms with E-state index in [9.17, 15) is 31.1 Å². The van der Waals surface area contributed by atoms with Gasteiger partial charge in [-0.2, -0.15) is 26.3 Å². The van der Waals surface area contributed by atoms with E-state index >= 15 is 0 Å². The first-order valence-electron chi connectivity index (χ1n) is 6.51. The number of rotatable bonds is 5. The summed E-state index contributed by atoms with van der Waals surface area (Å²) < 4.78 is 76.3. The highest BCUT2D eigenvalue weighted by Gasteiger charge is 2.36. The molecule has 0 aromatic heterocycles. The molecule has 0 heterocycles. The molecule has 0 aliphatic carbocycles. The largest absolute Gasteiger partial charge is 0.464 e. The molecule has 1 aromatic rings. The zero-order chi connectivity index (χ0) is 18.7. The van der Waals surface area contributed by atoms with E-state index in [1.54, 1.807) is 0 Å². The Labute approximate surface area is 132 Å². The fraction of sp³-hybridized carbons (Fsp3) is 0.462. The lowest BCUT2D eigenvalue weighted by Gasteiger charge is -2.22. The number of nitrogens with one attached hydrogen (secondary N) is 1. The second-order valence-electron chi connectivity index (χ2n) is 4.99. The number of hydrogen-bond acceptors (Lipinski definition) is 3. The van der Waals surface area contributed by atoms with E-state index in [0.717, 1.165) is 0 Å². The van der Waals surface area contributed by atoms with E-state index in [1.165, 1.54) is 6.92 Å². The number of alkyl halides is 6. The van der Waals surface area contributed by atoms with Crippen LogP contribution in [0, 0.1) is 0 Å². The van der Waals surface area contributed by atoms with E-state index in [-0.39, 0.29) is 6.07 Å². The van der Waals surface area contributed by atoms with E-state index < -0.39 is 54.3 Å². The SMILES string of the molecule is CC(O)CN(NCc1cc(C(F)(F)F)cc(C(F)(F)F)c1)C(=O)O. The van der Waals surface area contributed by atoms with Gasteiger partial charge in [0.1, 0.15) is 0 Å². The number of carbonyl (C=O) groups is 1. The summed E-state index contributed by atoms with van der Waals surface area (Å²) in [5.74, 6) is 0. The Morgan fingerprint density at radius 2 is 1.58 bits per heavy atom. The second-order valence-corrected chi connectivity index (χ2v) is 4.99. The smallest absolute Gasteiger partial charge is 0.421 e. The zero-order valence-corrected chi connectivity index (χ0v) is 12.2. The molecule has 136 valence electrons. The first kappa shape index (κ1) is 20.0. The summed E-state index contributed by atoms with van der Waals surface area (Å²) in [7, 11) is 0. The van der Waals surface area contributed by atoms with Crippen LogP contribution < -0.4 is 5.43 Å². The molecule has 1 rings (SSSR count). The average molecular weight is 360 g/mol. The number of hydrazine groups is 1. The molecule has 3 N–H and O–H groups in total. The predicted octanol–water partition coefficient (Wildman–Crippen LogP) is 3.09. The highest BCUT2D eigenvalue weighted by molar-refractivity contribution is 5.64. The first-order chi connectivity index (χ1) is 10.8. The molecule has 0 bridgehead atoms. The minimum atomic E-state index is -4.98. The lowest BCUT2D eigenvalue weighted by atomic mass is 10.0. The van der Waals surface area contributed by atoms with Crippen molar-refractivity contribution in [3.8, 4) is 0 Å². The molecule has 1 atom stereocenters. The molecule has 0 aliphatic heterocycles. The van der Waals surface area contributed by atoms with Crippen molar-refractivity contribution >= 4 is 6.09 Å². The molecule has 5 nitrogen and oxygen atoms in total. The molecular formula is C13H14F6N2O3. The summed E-state index contributed by atoms with van der Waals surface area (Å²) in [5.41, 5.74) is -1.23. The summed E-state index contributed by atoms with van der Waals surface area (Å²) in [6.07, 6.45) is -12.6. The van der Waals surface area contributed by atoms with E-state index in [4.69, 9.17) is 10.2 Å². The minimum Gasteiger partial charge on any atom is -0.464 e. The lowest BCUT2D eigenvalue weighted by molar-refractivity contribution is -0.143.